The predicted molar refractivity (Wildman–Crippen MR) is 98.5 cm³/mol. The minimum Gasteiger partial charge on any atom is -0.477 e. The fourth-order valence-corrected chi connectivity index (χ4v) is 3.19. The molecular weight excluding hydrogens is 350 g/mol. The number of amides is 2. The zero-order valence-electron chi connectivity index (χ0n) is 14.7. The van der Waals surface area contributed by atoms with Crippen LogP contribution in [0.2, 0.25) is 0 Å². The van der Waals surface area contributed by atoms with Crippen LogP contribution in [0.5, 0.6) is 0 Å². The van der Waals surface area contributed by atoms with Gasteiger partial charge in [0.25, 0.3) is 5.56 Å². The Kier molecular flexibility index (Phi) is 5.07. The zero-order valence-corrected chi connectivity index (χ0v) is 14.7. The Balaban J connectivity index is 1.73. The topological polar surface area (TPSA) is 120 Å². The zero-order chi connectivity index (χ0) is 19.6. The van der Waals surface area contributed by atoms with E-state index in [1.165, 1.54) is 19.1 Å². The van der Waals surface area contributed by atoms with E-state index in [9.17, 15) is 19.2 Å². The van der Waals surface area contributed by atoms with Crippen molar-refractivity contribution in [2.75, 3.05) is 11.9 Å². The summed E-state index contributed by atoms with van der Waals surface area (Å²) in [5, 5.41) is 11.7. The highest BCUT2D eigenvalue weighted by atomic mass is 16.4. The number of aromatic carboxylic acids is 1. The Labute approximate surface area is 154 Å². The Morgan fingerprint density at radius 3 is 2.44 bits per heavy atom. The number of likely N-dealkylation sites (tertiary alicyclic amines) is 1. The van der Waals surface area contributed by atoms with Crippen molar-refractivity contribution in [1.29, 1.82) is 0 Å². The number of nitrogens with zero attached hydrogens (tertiary/aromatic N) is 1. The van der Waals surface area contributed by atoms with Crippen LogP contribution in [0.15, 0.2) is 41.2 Å². The van der Waals surface area contributed by atoms with Crippen LogP contribution < -0.4 is 10.9 Å². The number of rotatable bonds is 4. The molecule has 3 N–H and O–H groups in total. The molecule has 1 saturated heterocycles. The van der Waals surface area contributed by atoms with Crippen molar-refractivity contribution in [3.63, 3.8) is 0 Å². The van der Waals surface area contributed by atoms with E-state index in [1.54, 1.807) is 29.2 Å². The molecule has 3 rings (SSSR count). The number of aromatic nitrogens is 1. The molecule has 1 fully saturated rings. The summed E-state index contributed by atoms with van der Waals surface area (Å²) in [6.07, 6.45) is 1.44. The molecule has 8 heteroatoms. The molecule has 0 saturated carbocycles. The van der Waals surface area contributed by atoms with Gasteiger partial charge in [-0.25, -0.2) is 4.79 Å². The van der Waals surface area contributed by atoms with Crippen LogP contribution in [0.1, 0.15) is 30.1 Å². The lowest BCUT2D eigenvalue weighted by Crippen LogP contribution is -2.42. The van der Waals surface area contributed by atoms with Crippen LogP contribution in [0.25, 0.3) is 11.3 Å². The summed E-state index contributed by atoms with van der Waals surface area (Å²) in [5.74, 6) is -1.63. The normalized spacial score (nSPS) is 16.2. The van der Waals surface area contributed by atoms with Gasteiger partial charge in [-0.3, -0.25) is 14.4 Å². The maximum atomic E-state index is 12.4. The first kappa shape index (κ1) is 18.4. The van der Waals surface area contributed by atoms with E-state index >= 15 is 0 Å². The highest BCUT2D eigenvalue weighted by Crippen LogP contribution is 2.22. The molecule has 1 aliphatic rings. The first-order valence-corrected chi connectivity index (χ1v) is 8.52. The van der Waals surface area contributed by atoms with Gasteiger partial charge in [0.2, 0.25) is 11.8 Å². The van der Waals surface area contributed by atoms with Crippen molar-refractivity contribution in [2.45, 2.75) is 25.8 Å². The monoisotopic (exact) mass is 369 g/mol. The lowest BCUT2D eigenvalue weighted by molar-refractivity contribution is -0.134. The molecule has 2 aromatic rings. The van der Waals surface area contributed by atoms with E-state index in [0.717, 1.165) is 6.42 Å². The second-order valence-electron chi connectivity index (χ2n) is 6.36. The van der Waals surface area contributed by atoms with E-state index < -0.39 is 17.6 Å². The summed E-state index contributed by atoms with van der Waals surface area (Å²) in [6.45, 7) is 2.04. The molecular formula is C19H19N3O5. The van der Waals surface area contributed by atoms with Gasteiger partial charge in [-0.2, -0.15) is 0 Å². The molecule has 0 spiro atoms. The number of pyridine rings is 1. The summed E-state index contributed by atoms with van der Waals surface area (Å²) in [6, 6.07) is 9.09. The van der Waals surface area contributed by atoms with E-state index in [1.807, 2.05) is 0 Å². The van der Waals surface area contributed by atoms with Crippen LogP contribution in [-0.2, 0) is 9.59 Å². The number of benzene rings is 1. The number of anilines is 1. The van der Waals surface area contributed by atoms with Crippen molar-refractivity contribution >= 4 is 23.5 Å². The van der Waals surface area contributed by atoms with Gasteiger partial charge >= 0.3 is 5.97 Å². The quantitative estimate of drug-likeness (QED) is 0.758. The molecule has 0 aliphatic carbocycles. The maximum absolute atomic E-state index is 12.4. The molecule has 0 radical (unpaired) electrons. The van der Waals surface area contributed by atoms with E-state index in [4.69, 9.17) is 5.11 Å². The van der Waals surface area contributed by atoms with Crippen LogP contribution in [0.3, 0.4) is 0 Å². The average molecular weight is 369 g/mol. The van der Waals surface area contributed by atoms with Crippen molar-refractivity contribution in [1.82, 2.24) is 9.88 Å². The summed E-state index contributed by atoms with van der Waals surface area (Å²) >= 11 is 0. The lowest BCUT2D eigenvalue weighted by atomic mass is 10.1. The second kappa shape index (κ2) is 7.45. The average Bonchev–Trinajstić information content (AvgIpc) is 3.12. The van der Waals surface area contributed by atoms with E-state index in [-0.39, 0.29) is 17.4 Å². The van der Waals surface area contributed by atoms with Crippen molar-refractivity contribution in [3.05, 3.63) is 52.3 Å². The first-order chi connectivity index (χ1) is 12.9. The molecule has 2 heterocycles. The Hall–Kier alpha value is -3.42. The molecule has 1 aliphatic heterocycles. The summed E-state index contributed by atoms with van der Waals surface area (Å²) < 4.78 is 0. The molecule has 1 aromatic carbocycles. The van der Waals surface area contributed by atoms with Crippen LogP contribution in [-0.4, -0.2) is 45.4 Å². The van der Waals surface area contributed by atoms with Gasteiger partial charge in [0, 0.05) is 24.8 Å². The molecule has 1 atom stereocenters. The molecule has 27 heavy (non-hydrogen) atoms. The summed E-state index contributed by atoms with van der Waals surface area (Å²) in [7, 11) is 0. The number of hydrogen-bond acceptors (Lipinski definition) is 4. The minimum atomic E-state index is -1.28. The number of carbonyl (C=O) groups is 3. The Morgan fingerprint density at radius 2 is 1.85 bits per heavy atom. The smallest absolute Gasteiger partial charge is 0.341 e. The third-order valence-corrected chi connectivity index (χ3v) is 4.56. The van der Waals surface area contributed by atoms with Crippen molar-refractivity contribution < 1.29 is 19.5 Å². The molecule has 0 bridgehead atoms. The fourth-order valence-electron chi connectivity index (χ4n) is 3.19. The molecule has 8 nitrogen and oxygen atoms in total. The third kappa shape index (κ3) is 3.89. The van der Waals surface area contributed by atoms with E-state index in [0.29, 0.717) is 29.9 Å². The number of nitrogens with one attached hydrogen (secondary N) is 2. The van der Waals surface area contributed by atoms with Crippen LogP contribution in [0.4, 0.5) is 5.69 Å². The SMILES string of the molecule is CC(=O)N1CCCC1C(=O)Nc1ccc(-c2ccc(C(=O)O)c(=O)[nH]2)cc1. The molecule has 140 valence electrons. The number of carboxylic acids is 1. The largest absolute Gasteiger partial charge is 0.477 e. The fraction of sp³-hybridized carbons (Fsp3) is 0.263. The van der Waals surface area contributed by atoms with Crippen LogP contribution >= 0.6 is 0 Å². The van der Waals surface area contributed by atoms with Gasteiger partial charge in [-0.15, -0.1) is 0 Å². The number of hydrogen-bond donors (Lipinski definition) is 3. The second-order valence-corrected chi connectivity index (χ2v) is 6.36. The lowest BCUT2D eigenvalue weighted by Gasteiger charge is -2.22. The number of carbonyl (C=O) groups excluding carboxylic acids is 2. The Bertz CT molecular complexity index is 949. The number of carboxylic acid groups (broad SMARTS) is 1. The van der Waals surface area contributed by atoms with Gasteiger partial charge in [0.1, 0.15) is 11.6 Å². The van der Waals surface area contributed by atoms with E-state index in [2.05, 4.69) is 10.3 Å². The van der Waals surface area contributed by atoms with Crippen LogP contribution in [0, 0.1) is 0 Å². The maximum Gasteiger partial charge on any atom is 0.341 e. The van der Waals surface area contributed by atoms with Crippen molar-refractivity contribution in [2.24, 2.45) is 0 Å². The Morgan fingerprint density at radius 1 is 1.15 bits per heavy atom. The summed E-state index contributed by atoms with van der Waals surface area (Å²) in [4.78, 5) is 50.8. The van der Waals surface area contributed by atoms with Gasteiger partial charge in [-0.1, -0.05) is 12.1 Å². The molecule has 1 aromatic heterocycles. The number of aromatic amines is 1. The summed E-state index contributed by atoms with van der Waals surface area (Å²) in [5.41, 5.74) is 0.718. The molecule has 2 amide bonds. The van der Waals surface area contributed by atoms with Gasteiger partial charge in [0.05, 0.1) is 0 Å². The van der Waals surface area contributed by atoms with Crippen molar-refractivity contribution in [3.8, 4) is 11.3 Å². The van der Waals surface area contributed by atoms with Gasteiger partial charge < -0.3 is 20.3 Å². The molecule has 1 unspecified atom stereocenters. The number of H-pyrrole nitrogens is 1. The standard InChI is InChI=1S/C19H19N3O5/c1-11(23)22-10-2-3-16(22)18(25)20-13-6-4-12(5-7-13)15-9-8-14(19(26)27)17(24)21-15/h4-9,16H,2-3,10H2,1H3,(H,20,25)(H,21,24)(H,26,27). The van der Waals surface area contributed by atoms with Gasteiger partial charge in [-0.05, 0) is 42.7 Å². The first-order valence-electron chi connectivity index (χ1n) is 8.52. The minimum absolute atomic E-state index is 0.114. The van der Waals surface area contributed by atoms with Gasteiger partial charge in [0.15, 0.2) is 0 Å². The highest BCUT2D eigenvalue weighted by molar-refractivity contribution is 5.97. The predicted octanol–water partition coefficient (Wildman–Crippen LogP) is 1.69. The third-order valence-electron chi connectivity index (χ3n) is 4.56. The highest BCUT2D eigenvalue weighted by Gasteiger charge is 2.32.